The van der Waals surface area contributed by atoms with Crippen molar-refractivity contribution in [1.82, 2.24) is 0 Å². The standard InChI is InChI=1S/C13H20O4/c1-9-6-7-10(11(14)8-9)4-3-5-12(15)13(2,16)17/h6-8,12,14-17H,3-5H2,1-2H3. The van der Waals surface area contributed by atoms with Gasteiger partial charge in [-0.05, 0) is 50.3 Å². The molecular formula is C13H20O4. The van der Waals surface area contributed by atoms with E-state index in [9.17, 15) is 10.2 Å². The third-order valence-corrected chi connectivity index (χ3v) is 2.80. The Bertz CT molecular complexity index is 368. The predicted molar refractivity (Wildman–Crippen MR) is 64.6 cm³/mol. The van der Waals surface area contributed by atoms with Crippen LogP contribution in [0.3, 0.4) is 0 Å². The first-order valence-corrected chi connectivity index (χ1v) is 5.72. The van der Waals surface area contributed by atoms with Crippen LogP contribution in [0.2, 0.25) is 0 Å². The molecule has 0 amide bonds. The van der Waals surface area contributed by atoms with E-state index in [0.29, 0.717) is 12.8 Å². The van der Waals surface area contributed by atoms with Crippen LogP contribution in [0.1, 0.15) is 30.9 Å². The Balaban J connectivity index is 2.46. The molecule has 0 aliphatic heterocycles. The normalized spacial score (nSPS) is 13.7. The minimum absolute atomic E-state index is 0.246. The zero-order chi connectivity index (χ0) is 13.1. The highest BCUT2D eigenvalue weighted by Crippen LogP contribution is 2.21. The molecule has 1 atom stereocenters. The fraction of sp³-hybridized carbons (Fsp3) is 0.538. The maximum atomic E-state index is 9.66. The largest absolute Gasteiger partial charge is 0.508 e. The number of benzene rings is 1. The van der Waals surface area contributed by atoms with E-state index in [4.69, 9.17) is 10.2 Å². The van der Waals surface area contributed by atoms with E-state index in [1.54, 1.807) is 6.07 Å². The quantitative estimate of drug-likeness (QED) is 0.581. The Hall–Kier alpha value is -1.10. The summed E-state index contributed by atoms with van der Waals surface area (Å²) in [5.41, 5.74) is 1.80. The molecule has 0 aliphatic rings. The molecule has 0 heterocycles. The van der Waals surface area contributed by atoms with Gasteiger partial charge in [0.2, 0.25) is 0 Å². The van der Waals surface area contributed by atoms with Crippen LogP contribution in [0.25, 0.3) is 0 Å². The lowest BCUT2D eigenvalue weighted by Gasteiger charge is -2.22. The van der Waals surface area contributed by atoms with Gasteiger partial charge in [0.25, 0.3) is 0 Å². The lowest BCUT2D eigenvalue weighted by Crippen LogP contribution is -2.38. The number of aromatic hydroxyl groups is 1. The highest BCUT2D eigenvalue weighted by Gasteiger charge is 2.26. The summed E-state index contributed by atoms with van der Waals surface area (Å²) < 4.78 is 0. The second kappa shape index (κ2) is 5.49. The van der Waals surface area contributed by atoms with Crippen LogP contribution in [0.15, 0.2) is 18.2 Å². The Kier molecular flexibility index (Phi) is 4.51. The first-order valence-electron chi connectivity index (χ1n) is 5.72. The number of aryl methyl sites for hydroxylation is 2. The van der Waals surface area contributed by atoms with E-state index in [1.165, 1.54) is 0 Å². The average Bonchev–Trinajstić information content (AvgIpc) is 2.19. The highest BCUT2D eigenvalue weighted by atomic mass is 16.5. The van der Waals surface area contributed by atoms with Gasteiger partial charge in [0.15, 0.2) is 5.79 Å². The minimum Gasteiger partial charge on any atom is -0.508 e. The molecule has 4 N–H and O–H groups in total. The molecule has 1 aromatic rings. The summed E-state index contributed by atoms with van der Waals surface area (Å²) in [6, 6.07) is 5.44. The molecule has 0 fully saturated rings. The number of phenols is 1. The van der Waals surface area contributed by atoms with Gasteiger partial charge in [-0.15, -0.1) is 0 Å². The number of hydrogen-bond acceptors (Lipinski definition) is 4. The van der Waals surface area contributed by atoms with Crippen LogP contribution >= 0.6 is 0 Å². The summed E-state index contributed by atoms with van der Waals surface area (Å²) in [6.45, 7) is 3.05. The van der Waals surface area contributed by atoms with Gasteiger partial charge < -0.3 is 20.4 Å². The van der Waals surface area contributed by atoms with Crippen molar-refractivity contribution in [2.45, 2.75) is 45.0 Å². The van der Waals surface area contributed by atoms with E-state index in [0.717, 1.165) is 18.1 Å². The number of hydrogen-bond donors (Lipinski definition) is 4. The van der Waals surface area contributed by atoms with Gasteiger partial charge in [-0.3, -0.25) is 0 Å². The Morgan fingerprint density at radius 3 is 2.47 bits per heavy atom. The zero-order valence-corrected chi connectivity index (χ0v) is 10.2. The van der Waals surface area contributed by atoms with Gasteiger partial charge in [-0.1, -0.05) is 12.1 Å². The van der Waals surface area contributed by atoms with Gasteiger partial charge in [0.05, 0.1) is 0 Å². The van der Waals surface area contributed by atoms with E-state index >= 15 is 0 Å². The minimum atomic E-state index is -2.06. The lowest BCUT2D eigenvalue weighted by atomic mass is 10.0. The molecule has 1 aromatic carbocycles. The van der Waals surface area contributed by atoms with Crippen LogP contribution in [0, 0.1) is 6.92 Å². The van der Waals surface area contributed by atoms with Gasteiger partial charge in [0.1, 0.15) is 11.9 Å². The molecule has 1 rings (SSSR count). The summed E-state index contributed by atoms with van der Waals surface area (Å²) in [6.07, 6.45) is 0.278. The highest BCUT2D eigenvalue weighted by molar-refractivity contribution is 5.35. The van der Waals surface area contributed by atoms with Gasteiger partial charge in [-0.25, -0.2) is 0 Å². The second-order valence-corrected chi connectivity index (χ2v) is 4.63. The molecule has 0 bridgehead atoms. The zero-order valence-electron chi connectivity index (χ0n) is 10.2. The Morgan fingerprint density at radius 1 is 1.29 bits per heavy atom. The molecule has 1 unspecified atom stereocenters. The van der Waals surface area contributed by atoms with Crippen molar-refractivity contribution in [2.24, 2.45) is 0 Å². The molecule has 4 heteroatoms. The van der Waals surface area contributed by atoms with Crippen molar-refractivity contribution < 1.29 is 20.4 Å². The number of aliphatic hydroxyl groups is 3. The second-order valence-electron chi connectivity index (χ2n) is 4.63. The molecule has 0 radical (unpaired) electrons. The maximum Gasteiger partial charge on any atom is 0.186 e. The van der Waals surface area contributed by atoms with Crippen LogP contribution in [-0.4, -0.2) is 32.3 Å². The van der Waals surface area contributed by atoms with Crippen LogP contribution in [0.5, 0.6) is 5.75 Å². The van der Waals surface area contributed by atoms with Crippen LogP contribution in [0.4, 0.5) is 0 Å². The summed E-state index contributed by atoms with van der Waals surface area (Å²) in [5.74, 6) is -1.81. The third kappa shape index (κ3) is 4.34. The van der Waals surface area contributed by atoms with Crippen molar-refractivity contribution in [3.8, 4) is 5.75 Å². The molecule has 0 saturated carbocycles. The molecule has 0 spiro atoms. The van der Waals surface area contributed by atoms with E-state index in [-0.39, 0.29) is 12.2 Å². The van der Waals surface area contributed by atoms with Gasteiger partial charge in [0, 0.05) is 0 Å². The number of phenolic OH excluding ortho intramolecular Hbond substituents is 1. The van der Waals surface area contributed by atoms with Crippen LogP contribution in [-0.2, 0) is 6.42 Å². The SMILES string of the molecule is Cc1ccc(CCCC(O)C(C)(O)O)c(O)c1. The monoisotopic (exact) mass is 240 g/mol. The fourth-order valence-electron chi connectivity index (χ4n) is 1.64. The van der Waals surface area contributed by atoms with Crippen molar-refractivity contribution in [2.75, 3.05) is 0 Å². The number of rotatable bonds is 5. The molecule has 4 nitrogen and oxygen atoms in total. The lowest BCUT2D eigenvalue weighted by molar-refractivity contribution is -0.212. The van der Waals surface area contributed by atoms with Crippen molar-refractivity contribution in [1.29, 1.82) is 0 Å². The molecular weight excluding hydrogens is 220 g/mol. The molecule has 0 saturated heterocycles. The first kappa shape index (κ1) is 14.0. The summed E-state index contributed by atoms with van der Waals surface area (Å²) in [5, 5.41) is 37.3. The molecule has 0 aromatic heterocycles. The predicted octanol–water partition coefficient (Wildman–Crippen LogP) is 1.09. The van der Waals surface area contributed by atoms with E-state index in [1.807, 2.05) is 19.1 Å². The van der Waals surface area contributed by atoms with Gasteiger partial charge in [-0.2, -0.15) is 0 Å². The van der Waals surface area contributed by atoms with Gasteiger partial charge >= 0.3 is 0 Å². The molecule has 0 aliphatic carbocycles. The first-order chi connectivity index (χ1) is 7.80. The Morgan fingerprint density at radius 2 is 1.94 bits per heavy atom. The summed E-state index contributed by atoms with van der Waals surface area (Å²) >= 11 is 0. The number of aliphatic hydroxyl groups excluding tert-OH is 1. The van der Waals surface area contributed by atoms with E-state index in [2.05, 4.69) is 0 Å². The van der Waals surface area contributed by atoms with Crippen LogP contribution < -0.4 is 0 Å². The fourth-order valence-corrected chi connectivity index (χ4v) is 1.64. The summed E-state index contributed by atoms with van der Waals surface area (Å²) in [7, 11) is 0. The average molecular weight is 240 g/mol. The van der Waals surface area contributed by atoms with E-state index < -0.39 is 11.9 Å². The maximum absolute atomic E-state index is 9.66. The Labute approximate surface area is 101 Å². The topological polar surface area (TPSA) is 80.9 Å². The van der Waals surface area contributed by atoms with Crippen molar-refractivity contribution in [3.63, 3.8) is 0 Å². The van der Waals surface area contributed by atoms with Crippen molar-refractivity contribution >= 4 is 0 Å². The molecule has 17 heavy (non-hydrogen) atoms. The molecule has 96 valence electrons. The third-order valence-electron chi connectivity index (χ3n) is 2.80. The van der Waals surface area contributed by atoms with Crippen molar-refractivity contribution in [3.05, 3.63) is 29.3 Å². The summed E-state index contributed by atoms with van der Waals surface area (Å²) in [4.78, 5) is 0. The smallest absolute Gasteiger partial charge is 0.186 e.